The van der Waals surface area contributed by atoms with Gasteiger partial charge in [-0.1, -0.05) is 0 Å². The third kappa shape index (κ3) is 3.34. The molecule has 0 aliphatic heterocycles. The van der Waals surface area contributed by atoms with E-state index >= 15 is 0 Å². The second-order valence-corrected chi connectivity index (χ2v) is 4.87. The molecule has 21 heavy (non-hydrogen) atoms. The first-order chi connectivity index (χ1) is 9.92. The Labute approximate surface area is 126 Å². The molecule has 0 aromatic heterocycles. The van der Waals surface area contributed by atoms with E-state index in [1.807, 2.05) is 0 Å². The van der Waals surface area contributed by atoms with Crippen molar-refractivity contribution >= 4 is 21.6 Å². The summed E-state index contributed by atoms with van der Waals surface area (Å²) in [6, 6.07) is 5.44. The zero-order valence-electron chi connectivity index (χ0n) is 10.3. The van der Waals surface area contributed by atoms with Crippen molar-refractivity contribution < 1.29 is 23.5 Å². The maximum absolute atomic E-state index is 13.7. The molecule has 8 heteroatoms. The number of ether oxygens (including phenoxy) is 1. The van der Waals surface area contributed by atoms with Gasteiger partial charge in [0.25, 0.3) is 5.69 Å². The van der Waals surface area contributed by atoms with Crippen LogP contribution in [0.15, 0.2) is 34.8 Å². The summed E-state index contributed by atoms with van der Waals surface area (Å²) in [7, 11) is 0. The SMILES string of the molecule is O=[N+]([O-])c1ccc(Br)c(Oc2c(F)cc(CO)cc2F)c1. The van der Waals surface area contributed by atoms with Crippen molar-refractivity contribution in [1.82, 2.24) is 0 Å². The summed E-state index contributed by atoms with van der Waals surface area (Å²) in [5.74, 6) is -2.83. The monoisotopic (exact) mass is 359 g/mol. The molecule has 0 aliphatic rings. The van der Waals surface area contributed by atoms with Crippen LogP contribution < -0.4 is 4.74 Å². The quantitative estimate of drug-likeness (QED) is 0.663. The van der Waals surface area contributed by atoms with E-state index in [0.717, 1.165) is 18.2 Å². The van der Waals surface area contributed by atoms with Gasteiger partial charge < -0.3 is 9.84 Å². The summed E-state index contributed by atoms with van der Waals surface area (Å²) in [6.45, 7) is -0.519. The third-order valence-corrected chi connectivity index (χ3v) is 3.23. The van der Waals surface area contributed by atoms with Crippen molar-refractivity contribution in [2.45, 2.75) is 6.61 Å². The molecule has 0 fully saturated rings. The number of nitro groups is 1. The Kier molecular flexibility index (Phi) is 4.49. The molecule has 0 amide bonds. The van der Waals surface area contributed by atoms with Crippen LogP contribution in [0.25, 0.3) is 0 Å². The van der Waals surface area contributed by atoms with Crippen LogP contribution in [0.2, 0.25) is 0 Å². The van der Waals surface area contributed by atoms with Gasteiger partial charge in [-0.05, 0) is 39.7 Å². The Balaban J connectivity index is 2.43. The Morgan fingerprint density at radius 2 is 1.86 bits per heavy atom. The molecule has 0 unspecified atom stereocenters. The molecule has 5 nitrogen and oxygen atoms in total. The Morgan fingerprint density at radius 1 is 1.24 bits per heavy atom. The summed E-state index contributed by atoms with van der Waals surface area (Å²) in [4.78, 5) is 10.0. The lowest BCUT2D eigenvalue weighted by atomic mass is 10.2. The van der Waals surface area contributed by atoms with Crippen LogP contribution in [-0.4, -0.2) is 10.0 Å². The Morgan fingerprint density at radius 3 is 2.38 bits per heavy atom. The van der Waals surface area contributed by atoms with Crippen LogP contribution in [0.4, 0.5) is 14.5 Å². The maximum Gasteiger partial charge on any atom is 0.273 e. The number of nitro benzene ring substituents is 1. The zero-order chi connectivity index (χ0) is 15.6. The lowest BCUT2D eigenvalue weighted by Crippen LogP contribution is -1.97. The molecule has 0 saturated heterocycles. The summed E-state index contributed by atoms with van der Waals surface area (Å²) in [6.07, 6.45) is 0. The standard InChI is InChI=1S/C13H8BrF2NO4/c14-9-2-1-8(17(19)20)5-12(9)21-13-10(15)3-7(6-18)4-11(13)16/h1-5,18H,6H2. The number of hydrogen-bond donors (Lipinski definition) is 1. The highest BCUT2D eigenvalue weighted by Gasteiger charge is 2.17. The molecule has 0 spiro atoms. The predicted octanol–water partition coefficient (Wildman–Crippen LogP) is 3.92. The van der Waals surface area contributed by atoms with Crippen LogP contribution >= 0.6 is 15.9 Å². The van der Waals surface area contributed by atoms with Crippen molar-refractivity contribution in [2.75, 3.05) is 0 Å². The second kappa shape index (κ2) is 6.15. The predicted molar refractivity (Wildman–Crippen MR) is 73.2 cm³/mol. The Hall–Kier alpha value is -2.06. The van der Waals surface area contributed by atoms with Crippen LogP contribution in [0.1, 0.15) is 5.56 Å². The molecule has 2 aromatic carbocycles. The molecule has 0 heterocycles. The summed E-state index contributed by atoms with van der Waals surface area (Å²) >= 11 is 3.08. The van der Waals surface area contributed by atoms with Gasteiger partial charge in [0.15, 0.2) is 17.4 Å². The number of nitrogens with zero attached hydrogens (tertiary/aromatic N) is 1. The molecule has 0 bridgehead atoms. The molecule has 1 N–H and O–H groups in total. The van der Waals surface area contributed by atoms with Crippen LogP contribution in [-0.2, 0) is 6.61 Å². The number of halogens is 3. The number of aliphatic hydroxyl groups is 1. The normalized spacial score (nSPS) is 10.5. The van der Waals surface area contributed by atoms with Crippen LogP contribution in [0, 0.1) is 21.7 Å². The largest absolute Gasteiger partial charge is 0.450 e. The van der Waals surface area contributed by atoms with Gasteiger partial charge in [0.1, 0.15) is 5.75 Å². The van der Waals surface area contributed by atoms with Gasteiger partial charge in [-0.25, -0.2) is 8.78 Å². The van der Waals surface area contributed by atoms with Gasteiger partial charge in [0, 0.05) is 6.07 Å². The van der Waals surface area contributed by atoms with Crippen molar-refractivity contribution in [3.05, 3.63) is 62.1 Å². The van der Waals surface area contributed by atoms with E-state index in [0.29, 0.717) is 4.47 Å². The van der Waals surface area contributed by atoms with Gasteiger partial charge in [0.05, 0.1) is 22.1 Å². The van der Waals surface area contributed by atoms with Crippen molar-refractivity contribution in [2.24, 2.45) is 0 Å². The fourth-order valence-electron chi connectivity index (χ4n) is 1.59. The third-order valence-electron chi connectivity index (χ3n) is 2.58. The van der Waals surface area contributed by atoms with E-state index in [9.17, 15) is 18.9 Å². The van der Waals surface area contributed by atoms with E-state index in [2.05, 4.69) is 15.9 Å². The molecule has 2 rings (SSSR count). The van der Waals surface area contributed by atoms with Crippen molar-refractivity contribution in [1.29, 1.82) is 0 Å². The first-order valence-corrected chi connectivity index (χ1v) is 6.42. The van der Waals surface area contributed by atoms with Gasteiger partial charge in [-0.2, -0.15) is 0 Å². The molecular weight excluding hydrogens is 352 g/mol. The van der Waals surface area contributed by atoms with Gasteiger partial charge >= 0.3 is 0 Å². The first-order valence-electron chi connectivity index (χ1n) is 5.63. The second-order valence-electron chi connectivity index (χ2n) is 4.02. The van der Waals surface area contributed by atoms with Crippen LogP contribution in [0.3, 0.4) is 0 Å². The highest BCUT2D eigenvalue weighted by atomic mass is 79.9. The smallest absolute Gasteiger partial charge is 0.273 e. The summed E-state index contributed by atoms with van der Waals surface area (Å²) < 4.78 is 32.9. The van der Waals surface area contributed by atoms with Gasteiger partial charge in [-0.3, -0.25) is 10.1 Å². The van der Waals surface area contributed by atoms with E-state index in [1.54, 1.807) is 0 Å². The lowest BCUT2D eigenvalue weighted by molar-refractivity contribution is -0.384. The van der Waals surface area contributed by atoms with Crippen molar-refractivity contribution in [3.63, 3.8) is 0 Å². The van der Waals surface area contributed by atoms with E-state index < -0.39 is 28.9 Å². The topological polar surface area (TPSA) is 72.6 Å². The highest BCUT2D eigenvalue weighted by Crippen LogP contribution is 2.35. The molecule has 0 radical (unpaired) electrons. The summed E-state index contributed by atoms with van der Waals surface area (Å²) in [5, 5.41) is 19.5. The minimum atomic E-state index is -1.02. The van der Waals surface area contributed by atoms with E-state index in [1.165, 1.54) is 12.1 Å². The van der Waals surface area contributed by atoms with E-state index in [4.69, 9.17) is 9.84 Å². The molecule has 110 valence electrons. The average molecular weight is 360 g/mol. The number of benzene rings is 2. The molecular formula is C13H8BrF2NO4. The average Bonchev–Trinajstić information content (AvgIpc) is 2.44. The fraction of sp³-hybridized carbons (Fsp3) is 0.0769. The molecule has 0 saturated carbocycles. The van der Waals surface area contributed by atoms with E-state index in [-0.39, 0.29) is 17.0 Å². The number of rotatable bonds is 4. The molecule has 0 aliphatic carbocycles. The number of hydrogen-bond acceptors (Lipinski definition) is 4. The van der Waals surface area contributed by atoms with Gasteiger partial charge in [-0.15, -0.1) is 0 Å². The summed E-state index contributed by atoms with van der Waals surface area (Å²) in [5.41, 5.74) is -0.226. The Bertz CT molecular complexity index is 686. The van der Waals surface area contributed by atoms with Crippen LogP contribution in [0.5, 0.6) is 11.5 Å². The first kappa shape index (κ1) is 15.3. The van der Waals surface area contributed by atoms with Crippen molar-refractivity contribution in [3.8, 4) is 11.5 Å². The maximum atomic E-state index is 13.7. The zero-order valence-corrected chi connectivity index (χ0v) is 11.9. The highest BCUT2D eigenvalue weighted by molar-refractivity contribution is 9.10. The molecule has 0 atom stereocenters. The number of non-ortho nitro benzene ring substituents is 1. The lowest BCUT2D eigenvalue weighted by Gasteiger charge is -2.10. The number of aliphatic hydroxyl groups excluding tert-OH is 1. The van der Waals surface area contributed by atoms with Gasteiger partial charge in [0.2, 0.25) is 0 Å². The molecule has 2 aromatic rings. The minimum Gasteiger partial charge on any atom is -0.450 e. The minimum absolute atomic E-state index is 0.0513. The fourth-order valence-corrected chi connectivity index (χ4v) is 1.92.